The van der Waals surface area contributed by atoms with Crippen LogP contribution in [0.1, 0.15) is 23.3 Å². The molecule has 0 unspecified atom stereocenters. The fraction of sp³-hybridized carbons (Fsp3) is 0.278. The van der Waals surface area contributed by atoms with E-state index in [4.69, 9.17) is 27.9 Å². The smallest absolute Gasteiger partial charge is 0.267 e. The number of nitrogens with one attached hydrogen (secondary N) is 2. The summed E-state index contributed by atoms with van der Waals surface area (Å²) in [5, 5.41) is 11.9. The van der Waals surface area contributed by atoms with Crippen LogP contribution < -0.4 is 5.32 Å². The highest BCUT2D eigenvalue weighted by Crippen LogP contribution is 2.31. The van der Waals surface area contributed by atoms with Gasteiger partial charge in [0.05, 0.1) is 21.8 Å². The van der Waals surface area contributed by atoms with Gasteiger partial charge in [0.15, 0.2) is 5.82 Å². The molecular weight excluding hydrogens is 389 g/mol. The number of hydrogen-bond donors (Lipinski definition) is 2. The molecule has 0 radical (unpaired) electrons. The number of aromatic amines is 1. The summed E-state index contributed by atoms with van der Waals surface area (Å²) in [6.45, 7) is 1.26. The first-order valence-corrected chi connectivity index (χ1v) is 9.32. The maximum Gasteiger partial charge on any atom is 0.267 e. The van der Waals surface area contributed by atoms with E-state index in [1.807, 2.05) is 6.07 Å². The Kier molecular flexibility index (Phi) is 5.15. The summed E-state index contributed by atoms with van der Waals surface area (Å²) in [5.74, 6) is 0.359. The van der Waals surface area contributed by atoms with Gasteiger partial charge in [-0.25, -0.2) is 0 Å². The summed E-state index contributed by atoms with van der Waals surface area (Å²) in [6, 6.07) is 7.06. The molecule has 9 heteroatoms. The summed E-state index contributed by atoms with van der Waals surface area (Å²) >= 11 is 12.4. The van der Waals surface area contributed by atoms with Gasteiger partial charge in [0, 0.05) is 24.9 Å². The van der Waals surface area contributed by atoms with Crippen molar-refractivity contribution in [1.29, 1.82) is 0 Å². The lowest BCUT2D eigenvalue weighted by molar-refractivity contribution is 0.0854. The number of rotatable bonds is 5. The van der Waals surface area contributed by atoms with Crippen LogP contribution in [0.2, 0.25) is 10.0 Å². The lowest BCUT2D eigenvalue weighted by Gasteiger charge is -2.09. The first kappa shape index (κ1) is 18.0. The minimum absolute atomic E-state index is 0.0939. The topological polar surface area (TPSA) is 84.8 Å². The molecule has 0 spiro atoms. The highest BCUT2D eigenvalue weighted by Gasteiger charge is 2.19. The maximum atomic E-state index is 12.4. The van der Waals surface area contributed by atoms with Crippen molar-refractivity contribution in [2.24, 2.45) is 0 Å². The van der Waals surface area contributed by atoms with Crippen molar-refractivity contribution in [3.8, 4) is 17.1 Å². The molecule has 140 valence electrons. The molecule has 0 bridgehead atoms. The van der Waals surface area contributed by atoms with Crippen molar-refractivity contribution in [2.75, 3.05) is 13.2 Å². The molecule has 3 aromatic rings. The number of H-pyrrole nitrogens is 1. The van der Waals surface area contributed by atoms with Gasteiger partial charge in [-0.15, -0.1) is 10.2 Å². The summed E-state index contributed by atoms with van der Waals surface area (Å²) in [5.41, 5.74) is 1.82. The maximum absolute atomic E-state index is 12.4. The second-order valence-corrected chi connectivity index (χ2v) is 7.03. The molecule has 2 aromatic heterocycles. The van der Waals surface area contributed by atoms with Crippen molar-refractivity contribution < 1.29 is 9.53 Å². The third-order valence-corrected chi connectivity index (χ3v) is 5.25. The quantitative estimate of drug-likeness (QED) is 0.680. The van der Waals surface area contributed by atoms with Crippen LogP contribution in [0.4, 0.5) is 0 Å². The van der Waals surface area contributed by atoms with Crippen LogP contribution in [0.15, 0.2) is 36.8 Å². The number of aromatic nitrogens is 4. The van der Waals surface area contributed by atoms with E-state index in [0.717, 1.165) is 19.4 Å². The fourth-order valence-corrected chi connectivity index (χ4v) is 3.43. The number of nitrogens with zero attached hydrogens (tertiary/aromatic N) is 3. The Balaban J connectivity index is 1.55. The van der Waals surface area contributed by atoms with E-state index in [1.54, 1.807) is 35.3 Å². The molecule has 1 aliphatic rings. The standard InChI is InChI=1S/C18H17Cl2N5O2/c19-13-4-1-5-15(16(13)20)25-10-23-24-17(25)11-7-14(21-8-11)18(26)22-9-12-3-2-6-27-12/h1,4-5,7-8,10,12,21H,2-3,6,9H2,(H,22,26)/t12-/m1/s1. The molecule has 0 saturated carbocycles. The van der Waals surface area contributed by atoms with E-state index >= 15 is 0 Å². The van der Waals surface area contributed by atoms with Crippen LogP contribution in [-0.4, -0.2) is 44.9 Å². The molecule has 1 amide bonds. The van der Waals surface area contributed by atoms with Crippen LogP contribution >= 0.6 is 23.2 Å². The van der Waals surface area contributed by atoms with Crippen molar-refractivity contribution in [1.82, 2.24) is 25.1 Å². The zero-order valence-corrected chi connectivity index (χ0v) is 15.8. The number of amides is 1. The van der Waals surface area contributed by atoms with Crippen molar-refractivity contribution >= 4 is 29.1 Å². The predicted molar refractivity (Wildman–Crippen MR) is 102 cm³/mol. The first-order chi connectivity index (χ1) is 13.1. The zero-order valence-electron chi connectivity index (χ0n) is 14.3. The molecule has 27 heavy (non-hydrogen) atoms. The molecule has 1 fully saturated rings. The van der Waals surface area contributed by atoms with Crippen molar-refractivity contribution in [3.05, 3.63) is 52.5 Å². The average Bonchev–Trinajstić information content (AvgIpc) is 3.42. The van der Waals surface area contributed by atoms with Gasteiger partial charge in [0.1, 0.15) is 12.0 Å². The summed E-state index contributed by atoms with van der Waals surface area (Å²) in [7, 11) is 0. The molecular formula is C18H17Cl2N5O2. The summed E-state index contributed by atoms with van der Waals surface area (Å²) in [6.07, 6.45) is 5.36. The molecule has 1 atom stereocenters. The largest absolute Gasteiger partial charge is 0.376 e. The van der Waals surface area contributed by atoms with Crippen LogP contribution in [0.5, 0.6) is 0 Å². The van der Waals surface area contributed by atoms with Gasteiger partial charge in [-0.05, 0) is 31.0 Å². The first-order valence-electron chi connectivity index (χ1n) is 8.56. The fourth-order valence-electron chi connectivity index (χ4n) is 3.05. The van der Waals surface area contributed by atoms with Crippen molar-refractivity contribution in [2.45, 2.75) is 18.9 Å². The average molecular weight is 406 g/mol. The zero-order chi connectivity index (χ0) is 18.8. The predicted octanol–water partition coefficient (Wildman–Crippen LogP) is 3.48. The van der Waals surface area contributed by atoms with Crippen molar-refractivity contribution in [3.63, 3.8) is 0 Å². The number of ether oxygens (including phenoxy) is 1. The highest BCUT2D eigenvalue weighted by molar-refractivity contribution is 6.43. The molecule has 4 rings (SSSR count). The molecule has 3 heterocycles. The number of carbonyl (C=O) groups excluding carboxylic acids is 1. The lowest BCUT2D eigenvalue weighted by atomic mass is 10.2. The van der Waals surface area contributed by atoms with E-state index in [0.29, 0.717) is 39.4 Å². The minimum Gasteiger partial charge on any atom is -0.376 e. The van der Waals surface area contributed by atoms with Gasteiger partial charge in [-0.3, -0.25) is 9.36 Å². The van der Waals surface area contributed by atoms with Gasteiger partial charge >= 0.3 is 0 Å². The SMILES string of the molecule is O=C(NC[C@H]1CCCO1)c1cc(-c2nncn2-c2cccc(Cl)c2Cl)c[nH]1. The van der Waals surface area contributed by atoms with Crippen LogP contribution in [0.3, 0.4) is 0 Å². The Bertz CT molecular complexity index is 962. The number of halogens is 2. The van der Waals surface area contributed by atoms with Gasteiger partial charge in [0.25, 0.3) is 5.91 Å². The van der Waals surface area contributed by atoms with Crippen LogP contribution in [-0.2, 0) is 4.74 Å². The Morgan fingerprint density at radius 2 is 2.30 bits per heavy atom. The van der Waals surface area contributed by atoms with Crippen LogP contribution in [0.25, 0.3) is 17.1 Å². The monoisotopic (exact) mass is 405 g/mol. The van der Waals surface area contributed by atoms with Gasteiger partial charge in [0.2, 0.25) is 0 Å². The number of hydrogen-bond acceptors (Lipinski definition) is 4. The molecule has 1 aliphatic heterocycles. The molecule has 7 nitrogen and oxygen atoms in total. The Labute approximate surface area is 165 Å². The van der Waals surface area contributed by atoms with Gasteiger partial charge in [-0.2, -0.15) is 0 Å². The Hall–Kier alpha value is -2.35. The summed E-state index contributed by atoms with van der Waals surface area (Å²) < 4.78 is 7.25. The molecule has 1 aromatic carbocycles. The molecule has 0 aliphatic carbocycles. The highest BCUT2D eigenvalue weighted by atomic mass is 35.5. The molecule has 1 saturated heterocycles. The third kappa shape index (κ3) is 3.71. The second-order valence-electron chi connectivity index (χ2n) is 6.24. The summed E-state index contributed by atoms with van der Waals surface area (Å²) in [4.78, 5) is 15.3. The van der Waals surface area contributed by atoms with Crippen LogP contribution in [0, 0.1) is 0 Å². The van der Waals surface area contributed by atoms with E-state index in [2.05, 4.69) is 20.5 Å². The Morgan fingerprint density at radius 1 is 1.41 bits per heavy atom. The normalized spacial score (nSPS) is 16.6. The van der Waals surface area contributed by atoms with E-state index < -0.39 is 0 Å². The Morgan fingerprint density at radius 3 is 3.11 bits per heavy atom. The molecule has 2 N–H and O–H groups in total. The number of benzene rings is 1. The third-order valence-electron chi connectivity index (χ3n) is 4.44. The van der Waals surface area contributed by atoms with E-state index in [9.17, 15) is 4.79 Å². The number of carbonyl (C=O) groups is 1. The second kappa shape index (κ2) is 7.72. The lowest BCUT2D eigenvalue weighted by Crippen LogP contribution is -2.31. The minimum atomic E-state index is -0.191. The van der Waals surface area contributed by atoms with Gasteiger partial charge in [-0.1, -0.05) is 29.3 Å². The van der Waals surface area contributed by atoms with E-state index in [1.165, 1.54) is 0 Å². The van der Waals surface area contributed by atoms with E-state index in [-0.39, 0.29) is 12.0 Å². The van der Waals surface area contributed by atoms with Gasteiger partial charge < -0.3 is 15.0 Å².